The lowest BCUT2D eigenvalue weighted by atomic mass is 9.96. The van der Waals surface area contributed by atoms with E-state index in [2.05, 4.69) is 5.32 Å². The predicted octanol–water partition coefficient (Wildman–Crippen LogP) is 2.36. The fourth-order valence-electron chi connectivity index (χ4n) is 2.33. The standard InChI is InChI=1S/C12H12N2O3/c15-11-4-3-8-5-9(14(16)17)6-10(7-1-2-7)12(8)13-11/h5-7H,1-4H2,(H,13,15). The number of aryl methyl sites for hydroxylation is 1. The van der Waals surface area contributed by atoms with Gasteiger partial charge in [-0.25, -0.2) is 0 Å². The molecule has 2 aliphatic rings. The van der Waals surface area contributed by atoms with Crippen molar-refractivity contribution in [2.75, 3.05) is 5.32 Å². The topological polar surface area (TPSA) is 72.2 Å². The molecule has 1 N–H and O–H groups in total. The second-order valence-electron chi connectivity index (χ2n) is 4.65. The zero-order valence-corrected chi connectivity index (χ0v) is 9.23. The van der Waals surface area contributed by atoms with Gasteiger partial charge in [0.15, 0.2) is 0 Å². The average Bonchev–Trinajstić information content (AvgIpc) is 3.11. The molecule has 5 heteroatoms. The summed E-state index contributed by atoms with van der Waals surface area (Å²) in [5, 5.41) is 13.7. The normalized spacial score (nSPS) is 18.5. The van der Waals surface area contributed by atoms with Crippen LogP contribution in [0.2, 0.25) is 0 Å². The van der Waals surface area contributed by atoms with E-state index in [4.69, 9.17) is 0 Å². The van der Waals surface area contributed by atoms with Crippen molar-refractivity contribution in [3.8, 4) is 0 Å². The number of hydrogen-bond donors (Lipinski definition) is 1. The molecule has 88 valence electrons. The maximum Gasteiger partial charge on any atom is 0.270 e. The quantitative estimate of drug-likeness (QED) is 0.628. The Hall–Kier alpha value is -1.91. The molecule has 1 heterocycles. The van der Waals surface area contributed by atoms with Crippen molar-refractivity contribution in [3.05, 3.63) is 33.4 Å². The molecule has 5 nitrogen and oxygen atoms in total. The summed E-state index contributed by atoms with van der Waals surface area (Å²) in [5.74, 6) is 0.398. The Kier molecular flexibility index (Phi) is 2.14. The van der Waals surface area contributed by atoms with Gasteiger partial charge in [0.2, 0.25) is 5.91 Å². The highest BCUT2D eigenvalue weighted by Crippen LogP contribution is 2.46. The molecular formula is C12H12N2O3. The number of carbonyl (C=O) groups is 1. The Morgan fingerprint density at radius 2 is 2.06 bits per heavy atom. The number of benzene rings is 1. The molecule has 1 amide bonds. The van der Waals surface area contributed by atoms with Gasteiger partial charge in [0, 0.05) is 24.2 Å². The first kappa shape index (κ1) is 10.3. The van der Waals surface area contributed by atoms with Crippen LogP contribution in [0.25, 0.3) is 0 Å². The van der Waals surface area contributed by atoms with Crippen LogP contribution in [0, 0.1) is 10.1 Å². The van der Waals surface area contributed by atoms with Crippen LogP contribution >= 0.6 is 0 Å². The summed E-state index contributed by atoms with van der Waals surface area (Å²) >= 11 is 0. The lowest BCUT2D eigenvalue weighted by molar-refractivity contribution is -0.385. The van der Waals surface area contributed by atoms with Gasteiger partial charge in [0.05, 0.1) is 4.92 Å². The molecule has 17 heavy (non-hydrogen) atoms. The van der Waals surface area contributed by atoms with Crippen molar-refractivity contribution in [1.82, 2.24) is 0 Å². The summed E-state index contributed by atoms with van der Waals surface area (Å²) in [6, 6.07) is 3.20. The summed E-state index contributed by atoms with van der Waals surface area (Å²) in [4.78, 5) is 21.9. The Morgan fingerprint density at radius 1 is 1.29 bits per heavy atom. The van der Waals surface area contributed by atoms with E-state index in [0.717, 1.165) is 29.7 Å². The minimum atomic E-state index is -0.359. The van der Waals surface area contributed by atoms with Crippen LogP contribution in [0.4, 0.5) is 11.4 Å². The second kappa shape index (κ2) is 3.55. The third kappa shape index (κ3) is 1.77. The van der Waals surface area contributed by atoms with Crippen LogP contribution in [-0.4, -0.2) is 10.8 Å². The van der Waals surface area contributed by atoms with Crippen LogP contribution in [0.3, 0.4) is 0 Å². The van der Waals surface area contributed by atoms with E-state index in [0.29, 0.717) is 18.8 Å². The van der Waals surface area contributed by atoms with Crippen LogP contribution in [0.5, 0.6) is 0 Å². The third-order valence-electron chi connectivity index (χ3n) is 3.35. The second-order valence-corrected chi connectivity index (χ2v) is 4.65. The van der Waals surface area contributed by atoms with Gasteiger partial charge in [-0.1, -0.05) is 0 Å². The molecule has 0 bridgehead atoms. The van der Waals surface area contributed by atoms with Crippen molar-refractivity contribution < 1.29 is 9.72 Å². The van der Waals surface area contributed by atoms with Gasteiger partial charge in [0.25, 0.3) is 5.69 Å². The molecule has 3 rings (SSSR count). The van der Waals surface area contributed by atoms with Crippen molar-refractivity contribution in [1.29, 1.82) is 0 Å². The van der Waals surface area contributed by atoms with Gasteiger partial charge in [-0.2, -0.15) is 0 Å². The number of nitrogens with one attached hydrogen (secondary N) is 1. The highest BCUT2D eigenvalue weighted by atomic mass is 16.6. The number of nitrogens with zero attached hydrogens (tertiary/aromatic N) is 1. The average molecular weight is 232 g/mol. The molecule has 0 spiro atoms. The van der Waals surface area contributed by atoms with E-state index in [1.165, 1.54) is 0 Å². The monoisotopic (exact) mass is 232 g/mol. The van der Waals surface area contributed by atoms with E-state index in [-0.39, 0.29) is 16.5 Å². The first-order chi connectivity index (χ1) is 8.15. The molecule has 1 aliphatic heterocycles. The molecule has 0 radical (unpaired) electrons. The van der Waals surface area contributed by atoms with Gasteiger partial charge in [-0.3, -0.25) is 14.9 Å². The van der Waals surface area contributed by atoms with Crippen LogP contribution in [0.15, 0.2) is 12.1 Å². The molecule has 1 saturated carbocycles. The molecule has 0 aromatic heterocycles. The molecule has 0 atom stereocenters. The summed E-state index contributed by atoms with van der Waals surface area (Å²) < 4.78 is 0. The number of anilines is 1. The highest BCUT2D eigenvalue weighted by molar-refractivity contribution is 5.95. The summed E-state index contributed by atoms with van der Waals surface area (Å²) in [6.07, 6.45) is 3.13. The molecule has 1 aromatic rings. The molecule has 0 saturated heterocycles. The lowest BCUT2D eigenvalue weighted by Gasteiger charge is -2.19. The predicted molar refractivity (Wildman–Crippen MR) is 62.0 cm³/mol. The van der Waals surface area contributed by atoms with Crippen molar-refractivity contribution in [2.45, 2.75) is 31.6 Å². The molecule has 0 unspecified atom stereocenters. The number of carbonyl (C=O) groups excluding carboxylic acids is 1. The fraction of sp³-hybridized carbons (Fsp3) is 0.417. The van der Waals surface area contributed by atoms with Gasteiger partial charge in [-0.05, 0) is 36.3 Å². The zero-order valence-electron chi connectivity index (χ0n) is 9.23. The largest absolute Gasteiger partial charge is 0.326 e. The fourth-order valence-corrected chi connectivity index (χ4v) is 2.33. The van der Waals surface area contributed by atoms with Crippen LogP contribution in [-0.2, 0) is 11.2 Å². The van der Waals surface area contributed by atoms with E-state index >= 15 is 0 Å². The summed E-state index contributed by atoms with van der Waals surface area (Å²) in [6.45, 7) is 0. The molecule has 1 aromatic carbocycles. The van der Waals surface area contributed by atoms with E-state index in [9.17, 15) is 14.9 Å². The van der Waals surface area contributed by atoms with Crippen LogP contribution in [0.1, 0.15) is 36.3 Å². The Labute approximate surface area is 98.0 Å². The Morgan fingerprint density at radius 3 is 2.71 bits per heavy atom. The first-order valence-corrected chi connectivity index (χ1v) is 5.76. The van der Waals surface area contributed by atoms with Gasteiger partial charge >= 0.3 is 0 Å². The zero-order chi connectivity index (χ0) is 12.0. The smallest absolute Gasteiger partial charge is 0.270 e. The maximum atomic E-state index is 11.4. The number of fused-ring (bicyclic) bond motifs is 1. The number of amides is 1. The van der Waals surface area contributed by atoms with Crippen LogP contribution < -0.4 is 5.32 Å². The SMILES string of the molecule is O=C1CCc2cc([N+](=O)[O-])cc(C3CC3)c2N1. The molecule has 1 fully saturated rings. The minimum absolute atomic E-state index is 0.00764. The molecular weight excluding hydrogens is 220 g/mol. The first-order valence-electron chi connectivity index (χ1n) is 5.76. The lowest BCUT2D eigenvalue weighted by Crippen LogP contribution is -2.20. The van der Waals surface area contributed by atoms with E-state index in [1.54, 1.807) is 12.1 Å². The Balaban J connectivity index is 2.13. The summed E-state index contributed by atoms with van der Waals surface area (Å²) in [7, 11) is 0. The highest BCUT2D eigenvalue weighted by Gasteiger charge is 2.31. The maximum absolute atomic E-state index is 11.4. The number of nitro groups is 1. The van der Waals surface area contributed by atoms with Gasteiger partial charge in [0.1, 0.15) is 0 Å². The third-order valence-corrected chi connectivity index (χ3v) is 3.35. The number of nitro benzene ring substituents is 1. The van der Waals surface area contributed by atoms with Crippen molar-refractivity contribution >= 4 is 17.3 Å². The molecule has 1 aliphatic carbocycles. The van der Waals surface area contributed by atoms with Crippen molar-refractivity contribution in [3.63, 3.8) is 0 Å². The van der Waals surface area contributed by atoms with E-state index < -0.39 is 0 Å². The van der Waals surface area contributed by atoms with Gasteiger partial charge in [-0.15, -0.1) is 0 Å². The van der Waals surface area contributed by atoms with E-state index in [1.807, 2.05) is 0 Å². The number of rotatable bonds is 2. The number of non-ortho nitro benzene ring substituents is 1. The minimum Gasteiger partial charge on any atom is -0.326 e. The van der Waals surface area contributed by atoms with Crippen molar-refractivity contribution in [2.24, 2.45) is 0 Å². The Bertz CT molecular complexity index is 521. The number of hydrogen-bond acceptors (Lipinski definition) is 3. The van der Waals surface area contributed by atoms with Gasteiger partial charge < -0.3 is 5.32 Å². The summed E-state index contributed by atoms with van der Waals surface area (Å²) in [5.41, 5.74) is 2.82.